The van der Waals surface area contributed by atoms with Crippen LogP contribution in [0.5, 0.6) is 5.75 Å². The van der Waals surface area contributed by atoms with Crippen molar-refractivity contribution in [2.75, 3.05) is 19.0 Å². The minimum absolute atomic E-state index is 0.119. The third kappa shape index (κ3) is 4.86. The Morgan fingerprint density at radius 1 is 1.00 bits per heavy atom. The topological polar surface area (TPSA) is 87.7 Å². The van der Waals surface area contributed by atoms with Crippen LogP contribution in [0.1, 0.15) is 5.56 Å². The molecule has 0 radical (unpaired) electrons. The summed E-state index contributed by atoms with van der Waals surface area (Å²) in [6, 6.07) is 19.5. The van der Waals surface area contributed by atoms with Crippen LogP contribution in [-0.4, -0.2) is 36.7 Å². The van der Waals surface area contributed by atoms with Gasteiger partial charge in [0.2, 0.25) is 11.8 Å². The fraction of sp³-hybridized carbons (Fsp3) is 0.182. The zero-order valence-corrected chi connectivity index (χ0v) is 15.5. The number of benzene rings is 3. The Hall–Kier alpha value is -3.38. The molecule has 0 fully saturated rings. The van der Waals surface area contributed by atoms with Crippen molar-refractivity contribution in [3.63, 3.8) is 0 Å². The molecular formula is C22H22N2O4. The van der Waals surface area contributed by atoms with Crippen molar-refractivity contribution in [2.24, 2.45) is 0 Å². The quantitative estimate of drug-likeness (QED) is 0.590. The number of hydrogen-bond acceptors (Lipinski definition) is 4. The molecule has 6 nitrogen and oxygen atoms in total. The summed E-state index contributed by atoms with van der Waals surface area (Å²) in [5.41, 5.74) is 1.35. The number of hydrogen-bond donors (Lipinski definition) is 3. The fourth-order valence-electron chi connectivity index (χ4n) is 2.90. The Balaban J connectivity index is 1.62. The van der Waals surface area contributed by atoms with Gasteiger partial charge in [-0.2, -0.15) is 0 Å². The lowest BCUT2D eigenvalue weighted by molar-refractivity contribution is -0.126. The van der Waals surface area contributed by atoms with Gasteiger partial charge in [0.1, 0.15) is 11.8 Å². The maximum Gasteiger partial charge on any atom is 0.249 e. The van der Waals surface area contributed by atoms with Crippen molar-refractivity contribution < 1.29 is 19.4 Å². The monoisotopic (exact) mass is 378 g/mol. The molecule has 2 amide bonds. The number of carbonyl (C=O) groups excluding carboxylic acids is 2. The van der Waals surface area contributed by atoms with Crippen LogP contribution in [0, 0.1) is 0 Å². The molecule has 0 aliphatic heterocycles. The summed E-state index contributed by atoms with van der Waals surface area (Å²) >= 11 is 0. The Bertz CT molecular complexity index is 987. The molecule has 0 aliphatic carbocycles. The number of methoxy groups -OCH3 is 1. The lowest BCUT2D eigenvalue weighted by atomic mass is 10.0. The van der Waals surface area contributed by atoms with Crippen LogP contribution in [0.2, 0.25) is 0 Å². The maximum atomic E-state index is 12.4. The molecule has 1 unspecified atom stereocenters. The average molecular weight is 378 g/mol. The van der Waals surface area contributed by atoms with Crippen LogP contribution in [0.3, 0.4) is 0 Å². The molecule has 0 spiro atoms. The number of fused-ring (bicyclic) bond motifs is 1. The third-order valence-corrected chi connectivity index (χ3v) is 4.35. The molecule has 0 aliphatic rings. The van der Waals surface area contributed by atoms with E-state index in [4.69, 9.17) is 4.74 Å². The zero-order chi connectivity index (χ0) is 19.9. The van der Waals surface area contributed by atoms with E-state index >= 15 is 0 Å². The van der Waals surface area contributed by atoms with Gasteiger partial charge in [-0.15, -0.1) is 0 Å². The van der Waals surface area contributed by atoms with Crippen molar-refractivity contribution in [2.45, 2.75) is 12.5 Å². The minimum Gasteiger partial charge on any atom is -0.497 e. The number of anilines is 1. The SMILES string of the molecule is COc1cccc(NC(=O)C(CO)NC(=O)Cc2ccc3ccccc3c2)c1. The minimum atomic E-state index is -1.04. The van der Waals surface area contributed by atoms with E-state index in [9.17, 15) is 14.7 Å². The third-order valence-electron chi connectivity index (χ3n) is 4.35. The smallest absolute Gasteiger partial charge is 0.249 e. The first kappa shape index (κ1) is 19.4. The summed E-state index contributed by atoms with van der Waals surface area (Å²) in [4.78, 5) is 24.7. The van der Waals surface area contributed by atoms with E-state index in [1.54, 1.807) is 24.3 Å². The van der Waals surface area contributed by atoms with E-state index in [1.807, 2.05) is 42.5 Å². The van der Waals surface area contributed by atoms with Crippen molar-refractivity contribution in [3.05, 3.63) is 72.3 Å². The second kappa shape index (κ2) is 9.01. The van der Waals surface area contributed by atoms with Gasteiger partial charge in [0, 0.05) is 11.8 Å². The molecule has 28 heavy (non-hydrogen) atoms. The molecule has 6 heteroatoms. The second-order valence-electron chi connectivity index (χ2n) is 6.38. The first-order valence-electron chi connectivity index (χ1n) is 8.92. The molecule has 3 rings (SSSR count). The van der Waals surface area contributed by atoms with Crippen LogP contribution >= 0.6 is 0 Å². The molecule has 3 aromatic carbocycles. The highest BCUT2D eigenvalue weighted by Crippen LogP contribution is 2.17. The Kier molecular flexibility index (Phi) is 6.24. The highest BCUT2D eigenvalue weighted by Gasteiger charge is 2.20. The lowest BCUT2D eigenvalue weighted by Gasteiger charge is -2.16. The van der Waals surface area contributed by atoms with E-state index < -0.39 is 18.6 Å². The van der Waals surface area contributed by atoms with Crippen LogP contribution < -0.4 is 15.4 Å². The van der Waals surface area contributed by atoms with Gasteiger partial charge in [0.05, 0.1) is 20.1 Å². The number of nitrogens with one attached hydrogen (secondary N) is 2. The van der Waals surface area contributed by atoms with Crippen molar-refractivity contribution in [3.8, 4) is 5.75 Å². The largest absolute Gasteiger partial charge is 0.497 e. The van der Waals surface area contributed by atoms with Gasteiger partial charge < -0.3 is 20.5 Å². The van der Waals surface area contributed by atoms with E-state index in [0.717, 1.165) is 16.3 Å². The molecule has 1 atom stereocenters. The molecule has 3 N–H and O–H groups in total. The zero-order valence-electron chi connectivity index (χ0n) is 15.5. The van der Waals surface area contributed by atoms with Gasteiger partial charge in [-0.25, -0.2) is 0 Å². The maximum absolute atomic E-state index is 12.4. The number of ether oxygens (including phenoxy) is 1. The summed E-state index contributed by atoms with van der Waals surface area (Å²) in [6.45, 7) is -0.501. The number of amides is 2. The average Bonchev–Trinajstić information content (AvgIpc) is 2.72. The highest BCUT2D eigenvalue weighted by molar-refractivity contribution is 5.97. The van der Waals surface area contributed by atoms with Gasteiger partial charge in [-0.05, 0) is 28.5 Å². The lowest BCUT2D eigenvalue weighted by Crippen LogP contribution is -2.46. The summed E-state index contributed by atoms with van der Waals surface area (Å²) < 4.78 is 5.11. The summed E-state index contributed by atoms with van der Waals surface area (Å²) in [5, 5.41) is 16.9. The highest BCUT2D eigenvalue weighted by atomic mass is 16.5. The number of aliphatic hydroxyl groups is 1. The predicted octanol–water partition coefficient (Wildman–Crippen LogP) is 2.51. The Morgan fingerprint density at radius 2 is 1.79 bits per heavy atom. The van der Waals surface area contributed by atoms with E-state index in [1.165, 1.54) is 7.11 Å². The van der Waals surface area contributed by atoms with E-state index in [-0.39, 0.29) is 12.3 Å². The number of rotatable bonds is 7. The summed E-state index contributed by atoms with van der Waals surface area (Å²) in [6.07, 6.45) is 0.119. The Morgan fingerprint density at radius 3 is 2.54 bits per heavy atom. The summed E-state index contributed by atoms with van der Waals surface area (Å²) in [7, 11) is 1.53. The molecule has 0 bridgehead atoms. The molecule has 144 valence electrons. The van der Waals surface area contributed by atoms with Gasteiger partial charge in [-0.3, -0.25) is 9.59 Å². The first-order chi connectivity index (χ1) is 13.6. The molecule has 0 heterocycles. The van der Waals surface area contributed by atoms with Gasteiger partial charge in [0.25, 0.3) is 0 Å². The molecule has 0 aromatic heterocycles. The van der Waals surface area contributed by atoms with Crippen molar-refractivity contribution in [1.82, 2.24) is 5.32 Å². The predicted molar refractivity (Wildman–Crippen MR) is 108 cm³/mol. The standard InChI is InChI=1S/C22H22N2O4/c1-28-19-8-4-7-18(13-19)23-22(27)20(14-25)24-21(26)12-15-9-10-16-5-2-3-6-17(16)11-15/h2-11,13,20,25H,12,14H2,1H3,(H,23,27)(H,24,26). The second-order valence-corrected chi connectivity index (χ2v) is 6.38. The fourth-order valence-corrected chi connectivity index (χ4v) is 2.90. The van der Waals surface area contributed by atoms with Crippen LogP contribution in [-0.2, 0) is 16.0 Å². The summed E-state index contributed by atoms with van der Waals surface area (Å²) in [5.74, 6) is -0.239. The van der Waals surface area contributed by atoms with Gasteiger partial charge in [0.15, 0.2) is 0 Å². The van der Waals surface area contributed by atoms with Gasteiger partial charge >= 0.3 is 0 Å². The number of carbonyl (C=O) groups is 2. The molecule has 3 aromatic rings. The Labute approximate surface area is 163 Å². The molecule has 0 saturated carbocycles. The van der Waals surface area contributed by atoms with Gasteiger partial charge in [-0.1, -0.05) is 48.5 Å². The molecule has 0 saturated heterocycles. The van der Waals surface area contributed by atoms with E-state index in [0.29, 0.717) is 11.4 Å². The normalized spacial score (nSPS) is 11.6. The van der Waals surface area contributed by atoms with Crippen LogP contribution in [0.25, 0.3) is 10.8 Å². The van der Waals surface area contributed by atoms with Crippen molar-refractivity contribution >= 4 is 28.3 Å². The number of aliphatic hydroxyl groups excluding tert-OH is 1. The molecular weight excluding hydrogens is 356 g/mol. The van der Waals surface area contributed by atoms with Crippen LogP contribution in [0.15, 0.2) is 66.7 Å². The first-order valence-corrected chi connectivity index (χ1v) is 8.92. The van der Waals surface area contributed by atoms with Crippen molar-refractivity contribution in [1.29, 1.82) is 0 Å². The van der Waals surface area contributed by atoms with Crippen LogP contribution in [0.4, 0.5) is 5.69 Å². The van der Waals surface area contributed by atoms with E-state index in [2.05, 4.69) is 10.6 Å².